The molecule has 1 aromatic rings. The highest BCUT2D eigenvalue weighted by Crippen LogP contribution is 2.07. The highest BCUT2D eigenvalue weighted by molar-refractivity contribution is 5.91. The first-order chi connectivity index (χ1) is 7.54. The van der Waals surface area contributed by atoms with Crippen LogP contribution in [0.1, 0.15) is 29.8 Å². The van der Waals surface area contributed by atoms with E-state index >= 15 is 0 Å². The zero-order valence-corrected chi connectivity index (χ0v) is 9.40. The van der Waals surface area contributed by atoms with Crippen LogP contribution in [0.5, 0.6) is 0 Å². The molecule has 0 heterocycles. The van der Waals surface area contributed by atoms with Gasteiger partial charge in [0.2, 0.25) is 0 Å². The first-order valence-corrected chi connectivity index (χ1v) is 5.13. The first kappa shape index (κ1) is 12.2. The number of aryl methyl sites for hydroxylation is 1. The van der Waals surface area contributed by atoms with Crippen LogP contribution in [0.15, 0.2) is 24.3 Å². The van der Waals surface area contributed by atoms with Crippen LogP contribution in [0.3, 0.4) is 0 Å². The Morgan fingerprint density at radius 2 is 1.88 bits per heavy atom. The molecule has 1 atom stereocenters. The minimum absolute atomic E-state index is 0.422. The number of nitrogens with two attached hydrogens (primary N) is 1. The average molecular weight is 221 g/mol. The summed E-state index contributed by atoms with van der Waals surface area (Å²) >= 11 is 0. The van der Waals surface area contributed by atoms with E-state index in [0.717, 1.165) is 12.0 Å². The Morgan fingerprint density at radius 1 is 1.31 bits per heavy atom. The zero-order chi connectivity index (χ0) is 12.1. The Balaban J connectivity index is 2.69. The molecule has 1 amide bonds. The van der Waals surface area contributed by atoms with Crippen molar-refractivity contribution < 1.29 is 14.3 Å². The normalized spacial score (nSPS) is 11.9. The summed E-state index contributed by atoms with van der Waals surface area (Å²) in [5.74, 6) is -1.19. The molecule has 0 unspecified atom stereocenters. The van der Waals surface area contributed by atoms with Crippen molar-refractivity contribution in [2.75, 3.05) is 0 Å². The lowest BCUT2D eigenvalue weighted by Crippen LogP contribution is -2.30. The quantitative estimate of drug-likeness (QED) is 0.778. The predicted molar refractivity (Wildman–Crippen MR) is 59.9 cm³/mol. The summed E-state index contributed by atoms with van der Waals surface area (Å²) in [6.07, 6.45) is 0.00543. The number of ether oxygens (including phenoxy) is 1. The number of amides is 1. The van der Waals surface area contributed by atoms with E-state index < -0.39 is 18.0 Å². The van der Waals surface area contributed by atoms with Gasteiger partial charge in [-0.3, -0.25) is 4.79 Å². The zero-order valence-electron chi connectivity index (χ0n) is 9.40. The summed E-state index contributed by atoms with van der Waals surface area (Å²) in [5.41, 5.74) is 6.55. The summed E-state index contributed by atoms with van der Waals surface area (Å²) in [4.78, 5) is 22.2. The van der Waals surface area contributed by atoms with Gasteiger partial charge in [0.25, 0.3) is 5.91 Å². The third-order valence-corrected chi connectivity index (χ3v) is 2.28. The largest absolute Gasteiger partial charge is 0.449 e. The topological polar surface area (TPSA) is 69.4 Å². The second-order valence-electron chi connectivity index (χ2n) is 3.50. The van der Waals surface area contributed by atoms with Gasteiger partial charge in [0, 0.05) is 0 Å². The SMILES string of the molecule is CCc1ccc(C(=O)O[C@@H](C)C(N)=O)cc1. The van der Waals surface area contributed by atoms with Crippen LogP contribution >= 0.6 is 0 Å². The second-order valence-corrected chi connectivity index (χ2v) is 3.50. The maximum atomic E-state index is 11.5. The summed E-state index contributed by atoms with van der Waals surface area (Å²) in [6.45, 7) is 3.48. The Bertz CT molecular complexity index is 384. The van der Waals surface area contributed by atoms with Crippen LogP contribution in [-0.2, 0) is 16.0 Å². The molecule has 4 nitrogen and oxygen atoms in total. The van der Waals surface area contributed by atoms with E-state index in [-0.39, 0.29) is 0 Å². The number of rotatable bonds is 4. The van der Waals surface area contributed by atoms with Crippen molar-refractivity contribution in [3.8, 4) is 0 Å². The van der Waals surface area contributed by atoms with E-state index in [1.165, 1.54) is 6.92 Å². The van der Waals surface area contributed by atoms with Crippen LogP contribution in [0.4, 0.5) is 0 Å². The summed E-state index contributed by atoms with van der Waals surface area (Å²) < 4.78 is 4.86. The Morgan fingerprint density at radius 3 is 2.31 bits per heavy atom. The van der Waals surface area contributed by atoms with Crippen molar-refractivity contribution in [1.29, 1.82) is 0 Å². The van der Waals surface area contributed by atoms with Crippen molar-refractivity contribution in [2.45, 2.75) is 26.4 Å². The highest BCUT2D eigenvalue weighted by atomic mass is 16.5. The molecule has 0 bridgehead atoms. The molecule has 16 heavy (non-hydrogen) atoms. The number of carbonyl (C=O) groups excluding carboxylic acids is 2. The molecule has 4 heteroatoms. The molecule has 0 aliphatic rings. The van der Waals surface area contributed by atoms with E-state index in [0.29, 0.717) is 5.56 Å². The lowest BCUT2D eigenvalue weighted by Gasteiger charge is -2.09. The van der Waals surface area contributed by atoms with E-state index in [9.17, 15) is 9.59 Å². The highest BCUT2D eigenvalue weighted by Gasteiger charge is 2.15. The fraction of sp³-hybridized carbons (Fsp3) is 0.333. The fourth-order valence-corrected chi connectivity index (χ4v) is 1.16. The van der Waals surface area contributed by atoms with Gasteiger partial charge >= 0.3 is 5.97 Å². The van der Waals surface area contributed by atoms with Crippen molar-refractivity contribution in [2.24, 2.45) is 5.73 Å². The predicted octanol–water partition coefficient (Wildman–Crippen LogP) is 1.28. The van der Waals surface area contributed by atoms with Gasteiger partial charge in [0.05, 0.1) is 5.56 Å². The molecule has 2 N–H and O–H groups in total. The third kappa shape index (κ3) is 3.08. The standard InChI is InChI=1S/C12H15NO3/c1-3-9-4-6-10(7-5-9)12(15)16-8(2)11(13)14/h4-8H,3H2,1-2H3,(H2,13,14)/t8-/m0/s1. The van der Waals surface area contributed by atoms with Crippen LogP contribution in [-0.4, -0.2) is 18.0 Å². The molecule has 1 rings (SSSR count). The number of primary amides is 1. The molecule has 1 aromatic carbocycles. The van der Waals surface area contributed by atoms with Crippen LogP contribution in [0, 0.1) is 0 Å². The molecule has 0 aliphatic heterocycles. The van der Waals surface area contributed by atoms with E-state index in [1.807, 2.05) is 19.1 Å². The Hall–Kier alpha value is -1.84. The maximum absolute atomic E-state index is 11.5. The molecule has 0 aliphatic carbocycles. The second kappa shape index (κ2) is 5.30. The summed E-state index contributed by atoms with van der Waals surface area (Å²) in [5, 5.41) is 0. The van der Waals surface area contributed by atoms with Crippen molar-refractivity contribution in [3.63, 3.8) is 0 Å². The van der Waals surface area contributed by atoms with Gasteiger partial charge in [-0.1, -0.05) is 19.1 Å². The minimum Gasteiger partial charge on any atom is -0.449 e. The third-order valence-electron chi connectivity index (χ3n) is 2.28. The van der Waals surface area contributed by atoms with Crippen LogP contribution < -0.4 is 5.73 Å². The van der Waals surface area contributed by atoms with Crippen LogP contribution in [0.25, 0.3) is 0 Å². The molecule has 0 aromatic heterocycles. The van der Waals surface area contributed by atoms with Gasteiger partial charge in [-0.25, -0.2) is 4.79 Å². The molecular formula is C12H15NO3. The number of hydrogen-bond donors (Lipinski definition) is 1. The molecule has 0 spiro atoms. The smallest absolute Gasteiger partial charge is 0.338 e. The number of carbonyl (C=O) groups is 2. The van der Waals surface area contributed by atoms with Gasteiger partial charge in [-0.2, -0.15) is 0 Å². The molecule has 86 valence electrons. The average Bonchev–Trinajstić information content (AvgIpc) is 2.28. The molecule has 0 fully saturated rings. The molecule has 0 saturated carbocycles. The van der Waals surface area contributed by atoms with E-state index in [1.54, 1.807) is 12.1 Å². The monoisotopic (exact) mass is 221 g/mol. The van der Waals surface area contributed by atoms with E-state index in [2.05, 4.69) is 0 Å². The lowest BCUT2D eigenvalue weighted by molar-refractivity contribution is -0.125. The summed E-state index contributed by atoms with van der Waals surface area (Å²) in [6, 6.07) is 7.06. The number of hydrogen-bond acceptors (Lipinski definition) is 3. The fourth-order valence-electron chi connectivity index (χ4n) is 1.16. The summed E-state index contributed by atoms with van der Waals surface area (Å²) in [7, 11) is 0. The van der Waals surface area contributed by atoms with Crippen molar-refractivity contribution >= 4 is 11.9 Å². The van der Waals surface area contributed by atoms with Crippen molar-refractivity contribution in [1.82, 2.24) is 0 Å². The number of benzene rings is 1. The van der Waals surface area contributed by atoms with Crippen molar-refractivity contribution in [3.05, 3.63) is 35.4 Å². The molecule has 0 radical (unpaired) electrons. The first-order valence-electron chi connectivity index (χ1n) is 5.13. The van der Waals surface area contributed by atoms with Crippen LogP contribution in [0.2, 0.25) is 0 Å². The lowest BCUT2D eigenvalue weighted by atomic mass is 10.1. The minimum atomic E-state index is -0.904. The maximum Gasteiger partial charge on any atom is 0.338 e. The van der Waals surface area contributed by atoms with Gasteiger partial charge in [-0.15, -0.1) is 0 Å². The van der Waals surface area contributed by atoms with Gasteiger partial charge in [-0.05, 0) is 31.0 Å². The van der Waals surface area contributed by atoms with Gasteiger partial charge in [0.1, 0.15) is 0 Å². The van der Waals surface area contributed by atoms with Gasteiger partial charge in [0.15, 0.2) is 6.10 Å². The Kier molecular flexibility index (Phi) is 4.05. The number of esters is 1. The molecule has 0 saturated heterocycles. The molecular weight excluding hydrogens is 206 g/mol. The van der Waals surface area contributed by atoms with E-state index in [4.69, 9.17) is 10.5 Å². The van der Waals surface area contributed by atoms with Gasteiger partial charge < -0.3 is 10.5 Å². The Labute approximate surface area is 94.4 Å².